The average Bonchev–Trinajstić information content (AvgIpc) is 3.01. The normalized spacial score (nSPS) is 14.2. The molecule has 0 bridgehead atoms. The maximum atomic E-state index is 5.89. The van der Waals surface area contributed by atoms with Crippen LogP contribution in [0.25, 0.3) is 21.9 Å². The van der Waals surface area contributed by atoms with Crippen LogP contribution in [0.5, 0.6) is 0 Å². The maximum Gasteiger partial charge on any atom is 0.495 e. The number of furan rings is 1. The van der Waals surface area contributed by atoms with Gasteiger partial charge in [0.1, 0.15) is 11.2 Å². The van der Waals surface area contributed by atoms with Crippen LogP contribution in [0.2, 0.25) is 0 Å². The second kappa shape index (κ2) is 3.67. The fraction of sp³-hybridized carbons (Fsp3) is 0.0625. The first-order valence-corrected chi connectivity index (χ1v) is 6.19. The van der Waals surface area contributed by atoms with Crippen molar-refractivity contribution in [2.24, 2.45) is 0 Å². The molecule has 0 radical (unpaired) electrons. The van der Waals surface area contributed by atoms with Gasteiger partial charge in [0.25, 0.3) is 6.20 Å². The lowest BCUT2D eigenvalue weighted by atomic mass is 10.1. The molecule has 90 valence electrons. The topological polar surface area (TPSA) is 19.2 Å². The summed E-state index contributed by atoms with van der Waals surface area (Å²) in [6, 6.07) is 17.5. The Morgan fingerprint density at radius 1 is 0.947 bits per heavy atom. The van der Waals surface area contributed by atoms with Crippen molar-refractivity contribution in [3.63, 3.8) is 0 Å². The molecule has 3 nitrogen and oxygen atoms in total. The first-order chi connectivity index (χ1) is 9.31. The largest absolute Gasteiger partial charge is 0.495 e. The fourth-order valence-electron chi connectivity index (χ4n) is 2.41. The van der Waals surface area contributed by atoms with E-state index in [1.807, 2.05) is 52.9 Å². The Hall–Kier alpha value is -2.64. The van der Waals surface area contributed by atoms with E-state index >= 15 is 0 Å². The molecule has 1 aliphatic heterocycles. The molecule has 3 aromatic rings. The summed E-state index contributed by atoms with van der Waals surface area (Å²) in [5.74, 6) is 0. The van der Waals surface area contributed by atoms with Crippen LogP contribution < -0.4 is 0 Å². The lowest BCUT2D eigenvalue weighted by Gasteiger charge is -1.90. The van der Waals surface area contributed by atoms with Gasteiger partial charge >= 0.3 is 6.01 Å². The van der Waals surface area contributed by atoms with Crippen molar-refractivity contribution in [2.45, 2.75) is 0 Å². The molecule has 0 saturated carbocycles. The summed E-state index contributed by atoms with van der Waals surface area (Å²) >= 11 is 0. The Kier molecular flexibility index (Phi) is 1.99. The molecule has 2 aromatic carbocycles. The van der Waals surface area contributed by atoms with E-state index in [0.717, 1.165) is 27.6 Å². The summed E-state index contributed by atoms with van der Waals surface area (Å²) in [5.41, 5.74) is 2.88. The van der Waals surface area contributed by atoms with Gasteiger partial charge in [0.05, 0.1) is 6.07 Å². The molecule has 0 N–H and O–H groups in total. The Morgan fingerprint density at radius 3 is 2.63 bits per heavy atom. The molecule has 19 heavy (non-hydrogen) atoms. The Labute approximate surface area is 110 Å². The van der Waals surface area contributed by atoms with E-state index in [-0.39, 0.29) is 0 Å². The fourth-order valence-corrected chi connectivity index (χ4v) is 2.41. The molecule has 0 spiro atoms. The first-order valence-electron chi connectivity index (χ1n) is 6.19. The first kappa shape index (κ1) is 10.3. The van der Waals surface area contributed by atoms with E-state index in [0.29, 0.717) is 0 Å². The zero-order valence-corrected chi connectivity index (χ0v) is 10.5. The monoisotopic (exact) mass is 248 g/mol. The van der Waals surface area contributed by atoms with Gasteiger partial charge < -0.3 is 4.42 Å². The third-order valence-corrected chi connectivity index (χ3v) is 3.35. The molecule has 1 aliphatic rings. The highest BCUT2D eigenvalue weighted by atomic mass is 16.3. The number of fused-ring (bicyclic) bond motifs is 3. The van der Waals surface area contributed by atoms with Gasteiger partial charge in [-0.15, -0.1) is 0 Å². The predicted molar refractivity (Wildman–Crippen MR) is 74.0 cm³/mol. The van der Waals surface area contributed by atoms with Gasteiger partial charge in [0, 0.05) is 16.8 Å². The van der Waals surface area contributed by atoms with Crippen LogP contribution in [0.1, 0.15) is 0 Å². The lowest BCUT2D eigenvalue weighted by molar-refractivity contribution is -0.429. The van der Waals surface area contributed by atoms with Gasteiger partial charge in [0.15, 0.2) is 7.05 Å². The molecule has 1 aromatic heterocycles. The highest BCUT2D eigenvalue weighted by molar-refractivity contribution is 6.05. The summed E-state index contributed by atoms with van der Waals surface area (Å²) in [6.07, 6.45) is 3.94. The van der Waals surface area contributed by atoms with Crippen molar-refractivity contribution in [2.75, 3.05) is 7.05 Å². The smallest absolute Gasteiger partial charge is 0.456 e. The number of nitrogens with zero attached hydrogens (tertiary/aromatic N) is 2. The molecule has 0 saturated heterocycles. The van der Waals surface area contributed by atoms with Gasteiger partial charge in [-0.1, -0.05) is 27.4 Å². The van der Waals surface area contributed by atoms with Crippen LogP contribution in [0.15, 0.2) is 59.3 Å². The van der Waals surface area contributed by atoms with Gasteiger partial charge in [-0.05, 0) is 12.1 Å². The van der Waals surface area contributed by atoms with E-state index in [2.05, 4.69) is 24.2 Å². The average molecular weight is 248 g/mol. The van der Waals surface area contributed by atoms with Crippen molar-refractivity contribution < 1.29 is 13.6 Å². The van der Waals surface area contributed by atoms with Gasteiger partial charge in [0.2, 0.25) is 11.9 Å². The Balaban J connectivity index is 2.00. The van der Waals surface area contributed by atoms with Crippen molar-refractivity contribution in [3.8, 4) is 0 Å². The third kappa shape index (κ3) is 1.53. The molecule has 0 unspecified atom stereocenters. The lowest BCUT2D eigenvalue weighted by Crippen LogP contribution is -1.93. The van der Waals surface area contributed by atoms with Crippen molar-refractivity contribution in [3.05, 3.63) is 54.9 Å². The Bertz CT molecular complexity index is 909. The van der Waals surface area contributed by atoms with Crippen LogP contribution in [0.3, 0.4) is 0 Å². The zero-order chi connectivity index (χ0) is 12.8. The summed E-state index contributed by atoms with van der Waals surface area (Å²) in [4.78, 5) is 0. The standard InChI is InChI=1S/C16H12N2O/c1-17-8-9-18(11-17)12-6-7-14-13-4-2-3-5-15(13)19-16(14)10-12/h2-10H,1H3/q+2. The van der Waals surface area contributed by atoms with Crippen LogP contribution in [0, 0.1) is 0 Å². The highest BCUT2D eigenvalue weighted by Gasteiger charge is 2.17. The summed E-state index contributed by atoms with van der Waals surface area (Å²) in [7, 11) is 1.95. The van der Waals surface area contributed by atoms with Crippen molar-refractivity contribution >= 4 is 33.6 Å². The molecule has 0 amide bonds. The van der Waals surface area contributed by atoms with E-state index in [4.69, 9.17) is 4.42 Å². The summed E-state index contributed by atoms with van der Waals surface area (Å²) in [5, 5.41) is 2.31. The predicted octanol–water partition coefficient (Wildman–Crippen LogP) is 3.53. The van der Waals surface area contributed by atoms with E-state index in [9.17, 15) is 0 Å². The van der Waals surface area contributed by atoms with Crippen LogP contribution in [-0.2, 0) is 0 Å². The van der Waals surface area contributed by atoms with Crippen molar-refractivity contribution in [1.82, 2.24) is 0 Å². The molecular weight excluding hydrogens is 236 g/mol. The summed E-state index contributed by atoms with van der Waals surface area (Å²) < 4.78 is 9.73. The van der Waals surface area contributed by atoms with Gasteiger partial charge in [-0.3, -0.25) is 0 Å². The minimum Gasteiger partial charge on any atom is -0.456 e. The second-order valence-electron chi connectivity index (χ2n) is 4.66. The van der Waals surface area contributed by atoms with Crippen LogP contribution >= 0.6 is 0 Å². The van der Waals surface area contributed by atoms with E-state index < -0.39 is 0 Å². The molecule has 4 rings (SSSR count). The summed E-state index contributed by atoms with van der Waals surface area (Å²) in [6.45, 7) is 0. The number of para-hydroxylation sites is 1. The number of hydrogen-bond acceptors (Lipinski definition) is 1. The number of hydrogen-bond donors (Lipinski definition) is 0. The minimum absolute atomic E-state index is 0.906. The van der Waals surface area contributed by atoms with E-state index in [1.54, 1.807) is 0 Å². The van der Waals surface area contributed by atoms with Gasteiger partial charge in [-0.25, -0.2) is 0 Å². The van der Waals surface area contributed by atoms with Crippen molar-refractivity contribution in [1.29, 1.82) is 0 Å². The minimum atomic E-state index is 0.906. The van der Waals surface area contributed by atoms with E-state index in [1.165, 1.54) is 0 Å². The van der Waals surface area contributed by atoms with Crippen LogP contribution in [-0.4, -0.2) is 22.2 Å². The molecule has 3 heteroatoms. The third-order valence-electron chi connectivity index (χ3n) is 3.35. The molecular formula is C16H12N2O+2. The quantitative estimate of drug-likeness (QED) is 0.603. The zero-order valence-electron chi connectivity index (χ0n) is 10.5. The molecule has 0 fully saturated rings. The van der Waals surface area contributed by atoms with Crippen LogP contribution in [0.4, 0.5) is 5.69 Å². The SMILES string of the molecule is C[N+]1=C=[N+](c2ccc3c(c2)oc2ccccc23)C=C1. The molecule has 2 heterocycles. The number of rotatable bonds is 1. The number of benzene rings is 2. The van der Waals surface area contributed by atoms with Gasteiger partial charge in [-0.2, -0.15) is 0 Å². The maximum absolute atomic E-state index is 5.89. The second-order valence-corrected chi connectivity index (χ2v) is 4.66. The molecule has 0 aliphatic carbocycles. The highest BCUT2D eigenvalue weighted by Crippen LogP contribution is 2.31. The molecule has 0 atom stereocenters. The Morgan fingerprint density at radius 2 is 1.79 bits per heavy atom.